The van der Waals surface area contributed by atoms with E-state index < -0.39 is 35.7 Å². The van der Waals surface area contributed by atoms with E-state index in [0.717, 1.165) is 20.1 Å². The van der Waals surface area contributed by atoms with E-state index in [4.69, 9.17) is 9.47 Å². The molecule has 4 atom stereocenters. The highest BCUT2D eigenvalue weighted by Gasteiger charge is 2.35. The van der Waals surface area contributed by atoms with Crippen molar-refractivity contribution in [1.82, 2.24) is 9.80 Å². The van der Waals surface area contributed by atoms with E-state index in [1.807, 2.05) is 90.1 Å². The number of piperidine rings is 2. The molecule has 0 saturated carbocycles. The number of likely N-dealkylation sites (tertiary alicyclic amines) is 2. The molecule has 232 valence electrons. The molecule has 2 saturated heterocycles. The Hall–Kier alpha value is -2.20. The van der Waals surface area contributed by atoms with Crippen molar-refractivity contribution in [2.75, 3.05) is 26.2 Å². The first-order valence-electron chi connectivity index (χ1n) is 14.3. The molecule has 2 aliphatic heterocycles. The molecular formula is C32H42Br2F2N2O4. The average molecular weight is 717 g/mol. The Balaban J connectivity index is 0.000000230. The minimum atomic E-state index is -1.06. The van der Waals surface area contributed by atoms with Crippen molar-refractivity contribution < 1.29 is 27.8 Å². The molecule has 10 heteroatoms. The van der Waals surface area contributed by atoms with Gasteiger partial charge in [0, 0.05) is 33.9 Å². The van der Waals surface area contributed by atoms with Gasteiger partial charge in [-0.05, 0) is 89.8 Å². The van der Waals surface area contributed by atoms with Crippen LogP contribution in [0.4, 0.5) is 18.4 Å². The largest absolute Gasteiger partial charge is 0.444 e. The normalized spacial score (nSPS) is 23.0. The molecule has 2 aromatic rings. The molecule has 0 N–H and O–H groups in total. The van der Waals surface area contributed by atoms with Crippen molar-refractivity contribution in [2.24, 2.45) is 0 Å². The monoisotopic (exact) mass is 714 g/mol. The van der Waals surface area contributed by atoms with Gasteiger partial charge in [-0.1, -0.05) is 56.1 Å². The summed E-state index contributed by atoms with van der Waals surface area (Å²) in [7, 11) is 0. The molecular weight excluding hydrogens is 674 g/mol. The van der Waals surface area contributed by atoms with Gasteiger partial charge in [0.1, 0.15) is 23.5 Å². The molecule has 4 rings (SSSR count). The molecule has 2 aliphatic rings. The Morgan fingerprint density at radius 1 is 0.667 bits per heavy atom. The maximum absolute atomic E-state index is 14.4. The van der Waals surface area contributed by atoms with Gasteiger partial charge in [0.15, 0.2) is 0 Å². The topological polar surface area (TPSA) is 59.1 Å². The molecule has 0 aliphatic carbocycles. The number of hydrogen-bond donors (Lipinski definition) is 0. The van der Waals surface area contributed by atoms with Gasteiger partial charge in [-0.15, -0.1) is 0 Å². The second kappa shape index (κ2) is 14.5. The predicted octanol–water partition coefficient (Wildman–Crippen LogP) is 9.02. The number of rotatable bonds is 2. The maximum Gasteiger partial charge on any atom is 0.410 e. The number of halogens is 4. The number of nitrogens with zero attached hydrogens (tertiary/aromatic N) is 2. The summed E-state index contributed by atoms with van der Waals surface area (Å²) >= 11 is 6.76. The lowest BCUT2D eigenvalue weighted by Crippen LogP contribution is -2.46. The van der Waals surface area contributed by atoms with Crippen LogP contribution in [0, 0.1) is 0 Å². The van der Waals surface area contributed by atoms with Crippen molar-refractivity contribution in [1.29, 1.82) is 0 Å². The van der Waals surface area contributed by atoms with E-state index in [1.165, 1.54) is 9.80 Å². The fraction of sp³-hybridized carbons (Fsp3) is 0.562. The lowest BCUT2D eigenvalue weighted by Gasteiger charge is -2.35. The van der Waals surface area contributed by atoms with Crippen molar-refractivity contribution in [3.63, 3.8) is 0 Å². The van der Waals surface area contributed by atoms with Gasteiger partial charge in [-0.25, -0.2) is 18.4 Å². The van der Waals surface area contributed by atoms with Gasteiger partial charge in [-0.3, -0.25) is 0 Å². The number of carbonyl (C=O) groups is 2. The molecule has 0 spiro atoms. The molecule has 0 aromatic heterocycles. The molecule has 2 heterocycles. The van der Waals surface area contributed by atoms with Crippen LogP contribution in [-0.2, 0) is 9.47 Å². The summed E-state index contributed by atoms with van der Waals surface area (Å²) in [4.78, 5) is 26.9. The van der Waals surface area contributed by atoms with E-state index in [-0.39, 0.29) is 24.9 Å². The number of benzene rings is 2. The molecule has 2 aromatic carbocycles. The van der Waals surface area contributed by atoms with Crippen molar-refractivity contribution in [3.8, 4) is 0 Å². The van der Waals surface area contributed by atoms with Gasteiger partial charge in [0.2, 0.25) is 0 Å². The van der Waals surface area contributed by atoms with Crippen LogP contribution >= 0.6 is 31.9 Å². The lowest BCUT2D eigenvalue weighted by atomic mass is 9.88. The second-order valence-corrected chi connectivity index (χ2v) is 14.6. The Bertz CT molecular complexity index is 1090. The highest BCUT2D eigenvalue weighted by molar-refractivity contribution is 9.10. The highest BCUT2D eigenvalue weighted by Crippen LogP contribution is 2.33. The number of alkyl halides is 2. The first kappa shape index (κ1) is 34.3. The summed E-state index contributed by atoms with van der Waals surface area (Å²) in [5, 5.41) is 0. The van der Waals surface area contributed by atoms with Crippen LogP contribution < -0.4 is 0 Å². The summed E-state index contributed by atoms with van der Waals surface area (Å²) in [6, 6.07) is 15.4. The van der Waals surface area contributed by atoms with Crippen molar-refractivity contribution in [3.05, 3.63) is 68.6 Å². The maximum atomic E-state index is 14.4. The molecule has 0 radical (unpaired) electrons. The lowest BCUT2D eigenvalue weighted by molar-refractivity contribution is 0.0104. The van der Waals surface area contributed by atoms with Crippen molar-refractivity contribution in [2.45, 2.75) is 89.8 Å². The van der Waals surface area contributed by atoms with Crippen LogP contribution in [0.15, 0.2) is 57.5 Å². The van der Waals surface area contributed by atoms with Crippen LogP contribution in [-0.4, -0.2) is 71.7 Å². The minimum absolute atomic E-state index is 0.0929. The second-order valence-electron chi connectivity index (χ2n) is 12.8. The van der Waals surface area contributed by atoms with E-state index in [2.05, 4.69) is 31.9 Å². The van der Waals surface area contributed by atoms with Gasteiger partial charge in [0.25, 0.3) is 0 Å². The zero-order chi connectivity index (χ0) is 31.2. The molecule has 2 fully saturated rings. The highest BCUT2D eigenvalue weighted by atomic mass is 79.9. The van der Waals surface area contributed by atoms with Gasteiger partial charge >= 0.3 is 12.2 Å². The smallest absolute Gasteiger partial charge is 0.410 e. The Morgan fingerprint density at radius 3 is 1.24 bits per heavy atom. The SMILES string of the molecule is CC(C)(C)OC(=O)N1CC[C@@H](c2ccc(Br)cc2)[C@H](F)C1.CC(C)(C)OC(=O)N1CC[C@H](c2ccc(Br)cc2)[C@@H](F)C1. The number of amides is 2. The summed E-state index contributed by atoms with van der Waals surface area (Å²) in [6.45, 7) is 12.1. The minimum Gasteiger partial charge on any atom is -0.444 e. The van der Waals surface area contributed by atoms with Crippen LogP contribution in [0.2, 0.25) is 0 Å². The number of carbonyl (C=O) groups excluding carboxylic acids is 2. The molecule has 6 nitrogen and oxygen atoms in total. The van der Waals surface area contributed by atoms with Crippen LogP contribution in [0.5, 0.6) is 0 Å². The third kappa shape index (κ3) is 10.5. The van der Waals surface area contributed by atoms with Crippen LogP contribution in [0.1, 0.15) is 77.3 Å². The molecule has 42 heavy (non-hydrogen) atoms. The van der Waals surface area contributed by atoms with Gasteiger partial charge in [-0.2, -0.15) is 0 Å². The van der Waals surface area contributed by atoms with Gasteiger partial charge in [0.05, 0.1) is 13.1 Å². The summed E-state index contributed by atoms with van der Waals surface area (Å²) < 4.78 is 41.4. The summed E-state index contributed by atoms with van der Waals surface area (Å²) in [6.07, 6.45) is -1.76. The number of ether oxygens (including phenoxy) is 2. The standard InChI is InChI=1S/2C16H21BrFNO2/c2*1-16(2,3)21-15(20)19-9-8-13(14(18)10-19)11-4-6-12(17)7-5-11/h2*4-7,13-14H,8-10H2,1-3H3/t2*13-,14+/m10/s1. The quantitative estimate of drug-likeness (QED) is 0.312. The van der Waals surface area contributed by atoms with Crippen LogP contribution in [0.25, 0.3) is 0 Å². The van der Waals surface area contributed by atoms with E-state index in [1.54, 1.807) is 0 Å². The summed E-state index contributed by atoms with van der Waals surface area (Å²) in [5.41, 5.74) is 0.862. The Morgan fingerprint density at radius 2 is 0.976 bits per heavy atom. The van der Waals surface area contributed by atoms with Gasteiger partial charge < -0.3 is 19.3 Å². The first-order chi connectivity index (χ1) is 19.5. The zero-order valence-electron chi connectivity index (χ0n) is 25.2. The van der Waals surface area contributed by atoms with Crippen molar-refractivity contribution >= 4 is 44.0 Å². The zero-order valence-corrected chi connectivity index (χ0v) is 28.4. The summed E-state index contributed by atoms with van der Waals surface area (Å²) in [5.74, 6) is -0.312. The first-order valence-corrected chi connectivity index (χ1v) is 15.9. The van der Waals surface area contributed by atoms with Crippen LogP contribution in [0.3, 0.4) is 0 Å². The van der Waals surface area contributed by atoms with E-state index in [9.17, 15) is 18.4 Å². The number of hydrogen-bond acceptors (Lipinski definition) is 4. The van der Waals surface area contributed by atoms with E-state index >= 15 is 0 Å². The Labute approximate surface area is 265 Å². The fourth-order valence-corrected chi connectivity index (χ4v) is 5.49. The molecule has 2 amide bonds. The molecule has 0 bridgehead atoms. The third-order valence-electron chi connectivity index (χ3n) is 6.98. The predicted molar refractivity (Wildman–Crippen MR) is 168 cm³/mol. The Kier molecular flexibility index (Phi) is 11.9. The molecule has 0 unspecified atom stereocenters. The average Bonchev–Trinajstić information content (AvgIpc) is 2.88. The third-order valence-corrected chi connectivity index (χ3v) is 8.04. The fourth-order valence-electron chi connectivity index (χ4n) is 4.97. The van der Waals surface area contributed by atoms with E-state index in [0.29, 0.717) is 25.9 Å².